The zero-order valence-corrected chi connectivity index (χ0v) is 11.5. The number of unbranched alkanes of at least 4 members (excludes halogenated alkanes) is 1. The Hall–Kier alpha value is -2.18. The number of alkyl halides is 2. The second kappa shape index (κ2) is 8.18. The van der Waals surface area contributed by atoms with Gasteiger partial charge in [0.05, 0.1) is 0 Å². The number of hydrogen-bond acceptors (Lipinski definition) is 3. The number of carbonyl (C=O) groups excluding carboxylic acids is 1. The van der Waals surface area contributed by atoms with Crippen LogP contribution in [0.4, 0.5) is 8.78 Å². The van der Waals surface area contributed by atoms with Crippen LogP contribution < -0.4 is 10.1 Å². The predicted molar refractivity (Wildman–Crippen MR) is 71.5 cm³/mol. The fourth-order valence-corrected chi connectivity index (χ4v) is 1.69. The van der Waals surface area contributed by atoms with Crippen molar-refractivity contribution in [1.29, 1.82) is 0 Å². The summed E-state index contributed by atoms with van der Waals surface area (Å²) in [6.45, 7) is -1.02. The number of halogens is 2. The zero-order valence-electron chi connectivity index (χ0n) is 11.5. The maximum Gasteiger partial charge on any atom is 0.387 e. The minimum Gasteiger partial charge on any atom is -0.480 e. The lowest BCUT2D eigenvalue weighted by molar-refractivity contribution is -0.139. The summed E-state index contributed by atoms with van der Waals surface area (Å²) in [5.74, 6) is -1.74. The number of carbonyl (C=O) groups is 2. The fourth-order valence-electron chi connectivity index (χ4n) is 1.69. The van der Waals surface area contributed by atoms with Gasteiger partial charge >= 0.3 is 12.6 Å². The SMILES string of the molecule is CCCC[C@H](NC(=O)c1ccc(OC(F)F)cc1)C(=O)O. The number of rotatable bonds is 8. The van der Waals surface area contributed by atoms with Crippen LogP contribution in [0.15, 0.2) is 24.3 Å². The maximum atomic E-state index is 12.0. The topological polar surface area (TPSA) is 75.6 Å². The quantitative estimate of drug-likeness (QED) is 0.774. The smallest absolute Gasteiger partial charge is 0.387 e. The van der Waals surface area contributed by atoms with Gasteiger partial charge in [-0.1, -0.05) is 19.8 Å². The Labute approximate surface area is 120 Å². The van der Waals surface area contributed by atoms with Gasteiger partial charge in [-0.2, -0.15) is 8.78 Å². The molecule has 5 nitrogen and oxygen atoms in total. The van der Waals surface area contributed by atoms with Gasteiger partial charge in [-0.05, 0) is 30.7 Å². The molecule has 1 aromatic rings. The van der Waals surface area contributed by atoms with Gasteiger partial charge in [-0.15, -0.1) is 0 Å². The molecule has 1 amide bonds. The van der Waals surface area contributed by atoms with Crippen molar-refractivity contribution in [2.75, 3.05) is 0 Å². The number of amides is 1. The second-order valence-corrected chi connectivity index (χ2v) is 4.41. The van der Waals surface area contributed by atoms with E-state index in [0.29, 0.717) is 12.8 Å². The minimum atomic E-state index is -2.94. The molecule has 0 aliphatic rings. The van der Waals surface area contributed by atoms with Crippen LogP contribution in [0.3, 0.4) is 0 Å². The zero-order chi connectivity index (χ0) is 15.8. The molecule has 0 aliphatic heterocycles. The number of aliphatic carboxylic acids is 1. The van der Waals surface area contributed by atoms with Crippen LogP contribution in [0.25, 0.3) is 0 Å². The molecule has 0 unspecified atom stereocenters. The number of carboxylic acids is 1. The van der Waals surface area contributed by atoms with Crippen LogP contribution in [0, 0.1) is 0 Å². The van der Waals surface area contributed by atoms with Gasteiger partial charge < -0.3 is 15.2 Å². The molecule has 1 aromatic carbocycles. The summed E-state index contributed by atoms with van der Waals surface area (Å²) in [6, 6.07) is 4.08. The molecule has 2 N–H and O–H groups in total. The second-order valence-electron chi connectivity index (χ2n) is 4.41. The molecule has 1 rings (SSSR count). The van der Waals surface area contributed by atoms with E-state index < -0.39 is 24.5 Å². The lowest BCUT2D eigenvalue weighted by Crippen LogP contribution is -2.40. The third kappa shape index (κ3) is 5.76. The van der Waals surface area contributed by atoms with E-state index in [2.05, 4.69) is 10.1 Å². The monoisotopic (exact) mass is 301 g/mol. The third-order valence-corrected chi connectivity index (χ3v) is 2.79. The van der Waals surface area contributed by atoms with E-state index in [0.717, 1.165) is 6.42 Å². The molecule has 0 aliphatic carbocycles. The van der Waals surface area contributed by atoms with Gasteiger partial charge in [-0.3, -0.25) is 4.79 Å². The highest BCUT2D eigenvalue weighted by molar-refractivity contribution is 5.96. The lowest BCUT2D eigenvalue weighted by atomic mass is 10.1. The van der Waals surface area contributed by atoms with Crippen molar-refractivity contribution in [2.45, 2.75) is 38.8 Å². The summed E-state index contributed by atoms with van der Waals surface area (Å²) in [5, 5.41) is 11.4. The van der Waals surface area contributed by atoms with E-state index in [1.165, 1.54) is 24.3 Å². The molecule has 0 saturated carbocycles. The third-order valence-electron chi connectivity index (χ3n) is 2.79. The van der Waals surface area contributed by atoms with Gasteiger partial charge in [0.2, 0.25) is 0 Å². The molecule has 0 fully saturated rings. The summed E-state index contributed by atoms with van der Waals surface area (Å²) in [4.78, 5) is 22.9. The Kier molecular flexibility index (Phi) is 6.58. The van der Waals surface area contributed by atoms with Crippen molar-refractivity contribution in [1.82, 2.24) is 5.32 Å². The largest absolute Gasteiger partial charge is 0.480 e. The highest BCUT2D eigenvalue weighted by Gasteiger charge is 2.20. The summed E-state index contributed by atoms with van der Waals surface area (Å²) in [6.07, 6.45) is 1.84. The number of nitrogens with one attached hydrogen (secondary N) is 1. The molecule has 116 valence electrons. The summed E-state index contributed by atoms with van der Waals surface area (Å²) in [5.41, 5.74) is 0.180. The molecule has 0 spiro atoms. The summed E-state index contributed by atoms with van der Waals surface area (Å²) >= 11 is 0. The molecule has 0 heterocycles. The Bertz CT molecular complexity index is 476. The number of benzene rings is 1. The van der Waals surface area contributed by atoms with Gasteiger partial charge in [-0.25, -0.2) is 4.79 Å². The van der Waals surface area contributed by atoms with Crippen molar-refractivity contribution in [3.63, 3.8) is 0 Å². The highest BCUT2D eigenvalue weighted by Crippen LogP contribution is 2.15. The maximum absolute atomic E-state index is 12.0. The molecule has 21 heavy (non-hydrogen) atoms. The first-order valence-corrected chi connectivity index (χ1v) is 6.52. The van der Waals surface area contributed by atoms with E-state index in [9.17, 15) is 18.4 Å². The average molecular weight is 301 g/mol. The van der Waals surface area contributed by atoms with E-state index in [1.807, 2.05) is 6.92 Å². The first-order valence-electron chi connectivity index (χ1n) is 6.52. The molecule has 0 saturated heterocycles. The average Bonchev–Trinajstić information content (AvgIpc) is 2.43. The molecule has 0 aromatic heterocycles. The van der Waals surface area contributed by atoms with Crippen LogP contribution in [0.5, 0.6) is 5.75 Å². The van der Waals surface area contributed by atoms with Gasteiger partial charge in [0.25, 0.3) is 5.91 Å². The van der Waals surface area contributed by atoms with Crippen molar-refractivity contribution in [3.05, 3.63) is 29.8 Å². The standard InChI is InChI=1S/C14H17F2NO4/c1-2-3-4-11(13(19)20)17-12(18)9-5-7-10(8-6-9)21-14(15)16/h5-8,11,14H,2-4H2,1H3,(H,17,18)(H,19,20)/t11-/m0/s1. The highest BCUT2D eigenvalue weighted by atomic mass is 19.3. The van der Waals surface area contributed by atoms with Crippen molar-refractivity contribution in [2.24, 2.45) is 0 Å². The summed E-state index contributed by atoms with van der Waals surface area (Å²) in [7, 11) is 0. The lowest BCUT2D eigenvalue weighted by Gasteiger charge is -2.14. The van der Waals surface area contributed by atoms with E-state index >= 15 is 0 Å². The van der Waals surface area contributed by atoms with Crippen LogP contribution in [0.1, 0.15) is 36.5 Å². The first-order chi connectivity index (χ1) is 9.93. The van der Waals surface area contributed by atoms with Crippen LogP contribution in [-0.2, 0) is 4.79 Å². The van der Waals surface area contributed by atoms with E-state index in [4.69, 9.17) is 5.11 Å². The first kappa shape index (κ1) is 16.9. The molecule has 0 radical (unpaired) electrons. The van der Waals surface area contributed by atoms with Gasteiger partial charge in [0.15, 0.2) is 0 Å². The Morgan fingerprint density at radius 1 is 1.29 bits per heavy atom. The van der Waals surface area contributed by atoms with Gasteiger partial charge in [0.1, 0.15) is 11.8 Å². The normalized spacial score (nSPS) is 12.0. The van der Waals surface area contributed by atoms with Crippen molar-refractivity contribution in [3.8, 4) is 5.75 Å². The number of carboxylic acid groups (broad SMARTS) is 1. The van der Waals surface area contributed by atoms with Crippen molar-refractivity contribution < 1.29 is 28.2 Å². The molecule has 1 atom stereocenters. The minimum absolute atomic E-state index is 0.0673. The molecular weight excluding hydrogens is 284 g/mol. The fraction of sp³-hybridized carbons (Fsp3) is 0.429. The predicted octanol–water partition coefficient (Wildman–Crippen LogP) is 2.66. The summed E-state index contributed by atoms with van der Waals surface area (Å²) < 4.78 is 28.1. The molecular formula is C14H17F2NO4. The van der Waals surface area contributed by atoms with E-state index in [-0.39, 0.29) is 11.3 Å². The Morgan fingerprint density at radius 3 is 2.38 bits per heavy atom. The van der Waals surface area contributed by atoms with Crippen molar-refractivity contribution >= 4 is 11.9 Å². The van der Waals surface area contributed by atoms with Crippen LogP contribution >= 0.6 is 0 Å². The van der Waals surface area contributed by atoms with Crippen LogP contribution in [-0.4, -0.2) is 29.6 Å². The Balaban J connectivity index is 2.67. The molecule has 7 heteroatoms. The number of hydrogen-bond donors (Lipinski definition) is 2. The van der Waals surface area contributed by atoms with Crippen LogP contribution in [0.2, 0.25) is 0 Å². The molecule has 0 bridgehead atoms. The van der Waals surface area contributed by atoms with Gasteiger partial charge in [0, 0.05) is 5.56 Å². The number of ether oxygens (including phenoxy) is 1. The Morgan fingerprint density at radius 2 is 1.90 bits per heavy atom. The van der Waals surface area contributed by atoms with E-state index in [1.54, 1.807) is 0 Å².